The fourth-order valence-corrected chi connectivity index (χ4v) is 2.15. The Morgan fingerprint density at radius 3 is 1.96 bits per heavy atom. The van der Waals surface area contributed by atoms with Crippen LogP contribution < -0.4 is 14.2 Å². The van der Waals surface area contributed by atoms with Crippen LogP contribution in [0, 0.1) is 0 Å². The molecular formula is C21H24O5. The van der Waals surface area contributed by atoms with E-state index in [-0.39, 0.29) is 5.97 Å². The summed E-state index contributed by atoms with van der Waals surface area (Å²) in [5.74, 6) is 0.835. The molecule has 0 amide bonds. The summed E-state index contributed by atoms with van der Waals surface area (Å²) < 4.78 is 16.1. The normalized spacial score (nSPS) is 10.2. The molecule has 0 N–H and O–H groups in total. The predicted molar refractivity (Wildman–Crippen MR) is 98.8 cm³/mol. The van der Waals surface area contributed by atoms with E-state index >= 15 is 0 Å². The van der Waals surface area contributed by atoms with Gasteiger partial charge in [-0.15, -0.1) is 0 Å². The molecule has 0 aliphatic rings. The van der Waals surface area contributed by atoms with Crippen LogP contribution >= 0.6 is 0 Å². The quantitative estimate of drug-likeness (QED) is 0.367. The maximum atomic E-state index is 12.2. The van der Waals surface area contributed by atoms with Crippen LogP contribution in [0.1, 0.15) is 49.9 Å². The Kier molecular flexibility index (Phi) is 7.68. The topological polar surface area (TPSA) is 61.8 Å². The van der Waals surface area contributed by atoms with E-state index in [1.807, 2.05) is 6.92 Å². The molecule has 0 aliphatic carbocycles. The minimum Gasteiger partial charge on any atom is -0.494 e. The molecule has 5 heteroatoms. The summed E-state index contributed by atoms with van der Waals surface area (Å²) in [7, 11) is 0. The fourth-order valence-electron chi connectivity index (χ4n) is 2.15. The van der Waals surface area contributed by atoms with Crippen molar-refractivity contribution in [1.29, 1.82) is 0 Å². The Bertz CT molecular complexity index is 704. The van der Waals surface area contributed by atoms with Gasteiger partial charge in [0.25, 0.3) is 0 Å². The van der Waals surface area contributed by atoms with Gasteiger partial charge in [0, 0.05) is 6.42 Å². The minimum absolute atomic E-state index is 0.288. The third-order valence-electron chi connectivity index (χ3n) is 3.58. The maximum absolute atomic E-state index is 12.2. The smallest absolute Gasteiger partial charge is 0.343 e. The van der Waals surface area contributed by atoms with E-state index in [1.54, 1.807) is 48.5 Å². The van der Waals surface area contributed by atoms with Crippen molar-refractivity contribution in [3.63, 3.8) is 0 Å². The number of ether oxygens (including phenoxy) is 3. The molecule has 0 fully saturated rings. The zero-order valence-corrected chi connectivity index (χ0v) is 15.2. The van der Waals surface area contributed by atoms with Gasteiger partial charge in [0.05, 0.1) is 12.2 Å². The highest BCUT2D eigenvalue weighted by molar-refractivity contribution is 5.91. The van der Waals surface area contributed by atoms with Crippen molar-refractivity contribution in [3.8, 4) is 17.2 Å². The number of benzene rings is 2. The molecule has 0 saturated heterocycles. The van der Waals surface area contributed by atoms with Crippen LogP contribution in [-0.4, -0.2) is 18.5 Å². The van der Waals surface area contributed by atoms with Gasteiger partial charge < -0.3 is 14.2 Å². The Morgan fingerprint density at radius 2 is 1.35 bits per heavy atom. The van der Waals surface area contributed by atoms with Crippen molar-refractivity contribution in [1.82, 2.24) is 0 Å². The highest BCUT2D eigenvalue weighted by atomic mass is 16.5. The SMILES string of the molecule is CCCCOc1ccc(OC(=O)c2ccc(OC(=O)CCC)cc2)cc1. The molecule has 26 heavy (non-hydrogen) atoms. The second-order valence-corrected chi connectivity index (χ2v) is 5.81. The molecule has 0 bridgehead atoms. The van der Waals surface area contributed by atoms with E-state index in [1.165, 1.54) is 0 Å². The van der Waals surface area contributed by atoms with Crippen LogP contribution in [0.3, 0.4) is 0 Å². The number of hydrogen-bond acceptors (Lipinski definition) is 5. The first kappa shape index (κ1) is 19.5. The number of carbonyl (C=O) groups is 2. The summed E-state index contributed by atoms with van der Waals surface area (Å²) >= 11 is 0. The highest BCUT2D eigenvalue weighted by Crippen LogP contribution is 2.20. The van der Waals surface area contributed by atoms with E-state index in [4.69, 9.17) is 14.2 Å². The van der Waals surface area contributed by atoms with Gasteiger partial charge >= 0.3 is 11.9 Å². The molecule has 2 rings (SSSR count). The molecule has 0 aromatic heterocycles. The van der Waals surface area contributed by atoms with Crippen molar-refractivity contribution in [2.45, 2.75) is 39.5 Å². The highest BCUT2D eigenvalue weighted by Gasteiger charge is 2.10. The Labute approximate surface area is 153 Å². The standard InChI is InChI=1S/C21H24O5/c1-3-5-15-24-17-11-13-19(14-12-17)26-21(23)16-7-9-18(10-8-16)25-20(22)6-4-2/h7-14H,3-6,15H2,1-2H3. The van der Waals surface area contributed by atoms with Gasteiger partial charge in [-0.05, 0) is 61.4 Å². The van der Waals surface area contributed by atoms with E-state index < -0.39 is 5.97 Å². The molecule has 2 aromatic carbocycles. The monoisotopic (exact) mass is 356 g/mol. The molecule has 2 aromatic rings. The minimum atomic E-state index is -0.476. The number of rotatable bonds is 9. The average molecular weight is 356 g/mol. The van der Waals surface area contributed by atoms with Gasteiger partial charge in [0.15, 0.2) is 0 Å². The Balaban J connectivity index is 1.89. The third-order valence-corrected chi connectivity index (χ3v) is 3.58. The second-order valence-electron chi connectivity index (χ2n) is 5.81. The van der Waals surface area contributed by atoms with Gasteiger partial charge in [-0.3, -0.25) is 4.79 Å². The lowest BCUT2D eigenvalue weighted by Crippen LogP contribution is -2.09. The summed E-state index contributed by atoms with van der Waals surface area (Å²) in [6.07, 6.45) is 3.17. The van der Waals surface area contributed by atoms with Crippen molar-refractivity contribution in [3.05, 3.63) is 54.1 Å². The van der Waals surface area contributed by atoms with Gasteiger partial charge in [-0.2, -0.15) is 0 Å². The third kappa shape index (κ3) is 6.24. The zero-order valence-electron chi connectivity index (χ0n) is 15.2. The number of unbranched alkanes of at least 4 members (excludes halogenated alkanes) is 1. The molecule has 138 valence electrons. The van der Waals surface area contributed by atoms with E-state index in [0.717, 1.165) is 25.0 Å². The lowest BCUT2D eigenvalue weighted by molar-refractivity contribution is -0.134. The Hall–Kier alpha value is -2.82. The molecule has 0 radical (unpaired) electrons. The molecule has 5 nitrogen and oxygen atoms in total. The van der Waals surface area contributed by atoms with E-state index in [9.17, 15) is 9.59 Å². The average Bonchev–Trinajstić information content (AvgIpc) is 2.64. The summed E-state index contributed by atoms with van der Waals surface area (Å²) in [5, 5.41) is 0. The molecular weight excluding hydrogens is 332 g/mol. The maximum Gasteiger partial charge on any atom is 0.343 e. The van der Waals surface area contributed by atoms with Crippen molar-refractivity contribution < 1.29 is 23.8 Å². The fraction of sp³-hybridized carbons (Fsp3) is 0.333. The van der Waals surface area contributed by atoms with Gasteiger partial charge in [-0.25, -0.2) is 4.79 Å². The van der Waals surface area contributed by atoms with Crippen LogP contribution in [0.25, 0.3) is 0 Å². The molecule has 0 atom stereocenters. The first-order valence-corrected chi connectivity index (χ1v) is 8.88. The Morgan fingerprint density at radius 1 is 0.769 bits per heavy atom. The molecule has 0 unspecified atom stereocenters. The van der Waals surface area contributed by atoms with Gasteiger partial charge in [-0.1, -0.05) is 20.3 Å². The van der Waals surface area contributed by atoms with Crippen LogP contribution in [-0.2, 0) is 4.79 Å². The number of esters is 2. The lowest BCUT2D eigenvalue weighted by atomic mass is 10.2. The van der Waals surface area contributed by atoms with Crippen molar-refractivity contribution in [2.24, 2.45) is 0 Å². The van der Waals surface area contributed by atoms with Crippen LogP contribution in [0.5, 0.6) is 17.2 Å². The largest absolute Gasteiger partial charge is 0.494 e. The van der Waals surface area contributed by atoms with E-state index in [0.29, 0.717) is 30.1 Å². The van der Waals surface area contributed by atoms with Crippen LogP contribution in [0.4, 0.5) is 0 Å². The summed E-state index contributed by atoms with van der Waals surface area (Å²) in [4.78, 5) is 23.6. The predicted octanol–water partition coefficient (Wildman–Crippen LogP) is 4.79. The molecule has 0 saturated carbocycles. The van der Waals surface area contributed by atoms with E-state index in [2.05, 4.69) is 6.92 Å². The first-order chi connectivity index (χ1) is 12.6. The molecule has 0 aliphatic heterocycles. The van der Waals surface area contributed by atoms with Crippen molar-refractivity contribution >= 4 is 11.9 Å². The van der Waals surface area contributed by atoms with Gasteiger partial charge in [0.2, 0.25) is 0 Å². The van der Waals surface area contributed by atoms with Crippen LogP contribution in [0.2, 0.25) is 0 Å². The molecule has 0 heterocycles. The number of carbonyl (C=O) groups excluding carboxylic acids is 2. The second kappa shape index (κ2) is 10.2. The summed E-state index contributed by atoms with van der Waals surface area (Å²) in [5.41, 5.74) is 0.378. The van der Waals surface area contributed by atoms with Gasteiger partial charge in [0.1, 0.15) is 17.2 Å². The summed E-state index contributed by atoms with van der Waals surface area (Å²) in [6.45, 7) is 4.68. The number of hydrogen-bond donors (Lipinski definition) is 0. The van der Waals surface area contributed by atoms with Crippen molar-refractivity contribution in [2.75, 3.05) is 6.61 Å². The van der Waals surface area contributed by atoms with Crippen LogP contribution in [0.15, 0.2) is 48.5 Å². The summed E-state index contributed by atoms with van der Waals surface area (Å²) in [6, 6.07) is 13.2. The zero-order chi connectivity index (χ0) is 18.8. The lowest BCUT2D eigenvalue weighted by Gasteiger charge is -2.08. The first-order valence-electron chi connectivity index (χ1n) is 8.88. The molecule has 0 spiro atoms.